The first-order valence-electron chi connectivity index (χ1n) is 8.71. The molecule has 3 fully saturated rings. The van der Waals surface area contributed by atoms with Crippen LogP contribution in [0.4, 0.5) is 0 Å². The molecule has 1 aliphatic heterocycles. The van der Waals surface area contributed by atoms with Crippen molar-refractivity contribution in [3.8, 4) is 0 Å². The van der Waals surface area contributed by atoms with E-state index in [1.54, 1.807) is 0 Å². The van der Waals surface area contributed by atoms with E-state index >= 15 is 0 Å². The summed E-state index contributed by atoms with van der Waals surface area (Å²) in [5.74, 6) is 2.87. The maximum atomic E-state index is 3.77. The molecule has 0 spiro atoms. The SMILES string of the molecule is CC(C)C(CNC1CC1)N1CCC2CCCCC2C1. The molecule has 3 rings (SSSR count). The molecule has 3 aliphatic rings. The molecule has 110 valence electrons. The van der Waals surface area contributed by atoms with Gasteiger partial charge in [-0.25, -0.2) is 0 Å². The summed E-state index contributed by atoms with van der Waals surface area (Å²) in [5.41, 5.74) is 0. The Morgan fingerprint density at radius 1 is 1.00 bits per heavy atom. The van der Waals surface area contributed by atoms with Crippen molar-refractivity contribution in [1.82, 2.24) is 10.2 Å². The minimum absolute atomic E-state index is 0.767. The third-order valence-electron chi connectivity index (χ3n) is 5.75. The molecule has 19 heavy (non-hydrogen) atoms. The van der Waals surface area contributed by atoms with Crippen molar-refractivity contribution >= 4 is 0 Å². The van der Waals surface area contributed by atoms with Gasteiger partial charge in [-0.05, 0) is 50.0 Å². The van der Waals surface area contributed by atoms with Gasteiger partial charge < -0.3 is 5.32 Å². The first kappa shape index (κ1) is 13.9. The maximum Gasteiger partial charge on any atom is 0.0243 e. The normalized spacial score (nSPS) is 34.3. The van der Waals surface area contributed by atoms with Crippen molar-refractivity contribution in [1.29, 1.82) is 0 Å². The Hall–Kier alpha value is -0.0800. The minimum Gasteiger partial charge on any atom is -0.312 e. The van der Waals surface area contributed by atoms with E-state index in [0.717, 1.165) is 29.8 Å². The predicted molar refractivity (Wildman–Crippen MR) is 81.3 cm³/mol. The zero-order valence-corrected chi connectivity index (χ0v) is 12.9. The highest BCUT2D eigenvalue weighted by Crippen LogP contribution is 2.37. The summed E-state index contributed by atoms with van der Waals surface area (Å²) in [5, 5.41) is 3.77. The molecule has 0 aromatic rings. The van der Waals surface area contributed by atoms with Crippen molar-refractivity contribution in [2.24, 2.45) is 17.8 Å². The van der Waals surface area contributed by atoms with Gasteiger partial charge in [0.05, 0.1) is 0 Å². The van der Waals surface area contributed by atoms with Gasteiger partial charge in [0.15, 0.2) is 0 Å². The number of nitrogens with one attached hydrogen (secondary N) is 1. The molecule has 1 saturated heterocycles. The first-order valence-corrected chi connectivity index (χ1v) is 8.71. The van der Waals surface area contributed by atoms with Crippen molar-refractivity contribution in [3.05, 3.63) is 0 Å². The topological polar surface area (TPSA) is 15.3 Å². The number of hydrogen-bond acceptors (Lipinski definition) is 2. The maximum absolute atomic E-state index is 3.77. The smallest absolute Gasteiger partial charge is 0.0243 e. The summed E-state index contributed by atoms with van der Waals surface area (Å²) in [6, 6.07) is 1.62. The standard InChI is InChI=1S/C17H32N2/c1-13(2)17(11-18-16-7-8-16)19-10-9-14-5-3-4-6-15(14)12-19/h13-18H,3-12H2,1-2H3. The van der Waals surface area contributed by atoms with Crippen LogP contribution in [0.5, 0.6) is 0 Å². The number of likely N-dealkylation sites (tertiary alicyclic amines) is 1. The van der Waals surface area contributed by atoms with Gasteiger partial charge >= 0.3 is 0 Å². The van der Waals surface area contributed by atoms with Gasteiger partial charge in [0, 0.05) is 25.2 Å². The second-order valence-electron chi connectivity index (χ2n) is 7.58. The van der Waals surface area contributed by atoms with Gasteiger partial charge in [-0.1, -0.05) is 33.1 Å². The van der Waals surface area contributed by atoms with Crippen LogP contribution in [0.1, 0.15) is 58.8 Å². The van der Waals surface area contributed by atoms with E-state index in [1.165, 1.54) is 64.6 Å². The number of fused-ring (bicyclic) bond motifs is 1. The van der Waals surface area contributed by atoms with E-state index in [2.05, 4.69) is 24.1 Å². The number of piperidine rings is 1. The van der Waals surface area contributed by atoms with Crippen LogP contribution >= 0.6 is 0 Å². The summed E-state index contributed by atoms with van der Waals surface area (Å²) in [6.45, 7) is 8.79. The lowest BCUT2D eigenvalue weighted by Crippen LogP contribution is -2.52. The molecule has 0 aromatic carbocycles. The van der Waals surface area contributed by atoms with E-state index in [9.17, 15) is 0 Å². The highest BCUT2D eigenvalue weighted by atomic mass is 15.2. The van der Waals surface area contributed by atoms with Gasteiger partial charge in [-0.2, -0.15) is 0 Å². The summed E-state index contributed by atoms with van der Waals surface area (Å²) in [7, 11) is 0. The van der Waals surface area contributed by atoms with Crippen molar-refractivity contribution < 1.29 is 0 Å². The van der Waals surface area contributed by atoms with Crippen molar-refractivity contribution in [3.63, 3.8) is 0 Å². The van der Waals surface area contributed by atoms with Gasteiger partial charge in [0.2, 0.25) is 0 Å². The first-order chi connectivity index (χ1) is 9.24. The van der Waals surface area contributed by atoms with Gasteiger partial charge in [0.25, 0.3) is 0 Å². The fraction of sp³-hybridized carbons (Fsp3) is 1.00. The monoisotopic (exact) mass is 264 g/mol. The molecule has 2 nitrogen and oxygen atoms in total. The van der Waals surface area contributed by atoms with Gasteiger partial charge in [0.1, 0.15) is 0 Å². The molecule has 0 amide bonds. The Balaban J connectivity index is 1.55. The summed E-state index contributed by atoms with van der Waals surface area (Å²) >= 11 is 0. The van der Waals surface area contributed by atoms with Gasteiger partial charge in [-0.15, -0.1) is 0 Å². The van der Waals surface area contributed by atoms with Crippen LogP contribution in [-0.2, 0) is 0 Å². The lowest BCUT2D eigenvalue weighted by molar-refractivity contribution is 0.0412. The van der Waals surface area contributed by atoms with Crippen LogP contribution in [0, 0.1) is 17.8 Å². The second-order valence-corrected chi connectivity index (χ2v) is 7.58. The average Bonchev–Trinajstić information content (AvgIpc) is 3.22. The van der Waals surface area contributed by atoms with Crippen LogP contribution in [-0.4, -0.2) is 36.6 Å². The van der Waals surface area contributed by atoms with Crippen LogP contribution in [0.3, 0.4) is 0 Å². The Morgan fingerprint density at radius 2 is 1.74 bits per heavy atom. The number of rotatable bonds is 5. The molecule has 0 bridgehead atoms. The fourth-order valence-corrected chi connectivity index (χ4v) is 4.29. The number of hydrogen-bond donors (Lipinski definition) is 1. The van der Waals surface area contributed by atoms with E-state index in [0.29, 0.717) is 0 Å². The Morgan fingerprint density at radius 3 is 2.42 bits per heavy atom. The molecule has 3 unspecified atom stereocenters. The molecule has 3 atom stereocenters. The molecule has 0 radical (unpaired) electrons. The van der Waals surface area contributed by atoms with Crippen molar-refractivity contribution in [2.75, 3.05) is 19.6 Å². The molecular formula is C17H32N2. The van der Waals surface area contributed by atoms with E-state index in [-0.39, 0.29) is 0 Å². The number of nitrogens with zero attached hydrogens (tertiary/aromatic N) is 1. The highest BCUT2D eigenvalue weighted by molar-refractivity contribution is 4.90. The molecule has 1 heterocycles. The molecular weight excluding hydrogens is 232 g/mol. The highest BCUT2D eigenvalue weighted by Gasteiger charge is 2.35. The van der Waals surface area contributed by atoms with Crippen LogP contribution < -0.4 is 5.32 Å². The Bertz CT molecular complexity index is 285. The molecule has 2 saturated carbocycles. The van der Waals surface area contributed by atoms with Crippen LogP contribution in [0.2, 0.25) is 0 Å². The summed E-state index contributed by atoms with van der Waals surface area (Å²) in [4.78, 5) is 2.83. The quantitative estimate of drug-likeness (QED) is 0.820. The van der Waals surface area contributed by atoms with Crippen molar-refractivity contribution in [2.45, 2.75) is 70.9 Å². The Kier molecular flexibility index (Phi) is 4.48. The predicted octanol–water partition coefficient (Wildman–Crippen LogP) is 3.28. The molecule has 0 aromatic heterocycles. The molecule has 1 N–H and O–H groups in total. The molecule has 2 heteroatoms. The van der Waals surface area contributed by atoms with E-state index < -0.39 is 0 Å². The zero-order valence-electron chi connectivity index (χ0n) is 12.9. The summed E-state index contributed by atoms with van der Waals surface area (Å²) < 4.78 is 0. The largest absolute Gasteiger partial charge is 0.312 e. The third-order valence-corrected chi connectivity index (χ3v) is 5.75. The van der Waals surface area contributed by atoms with E-state index in [4.69, 9.17) is 0 Å². The zero-order chi connectivity index (χ0) is 13.2. The van der Waals surface area contributed by atoms with Gasteiger partial charge in [-0.3, -0.25) is 4.90 Å². The average molecular weight is 264 g/mol. The van der Waals surface area contributed by atoms with Crippen LogP contribution in [0.15, 0.2) is 0 Å². The lowest BCUT2D eigenvalue weighted by atomic mass is 9.74. The summed E-state index contributed by atoms with van der Waals surface area (Å²) in [6.07, 6.45) is 10.3. The lowest BCUT2D eigenvalue weighted by Gasteiger charge is -2.45. The minimum atomic E-state index is 0.767. The fourth-order valence-electron chi connectivity index (χ4n) is 4.29. The second kappa shape index (κ2) is 6.13. The van der Waals surface area contributed by atoms with E-state index in [1.807, 2.05) is 0 Å². The molecule has 2 aliphatic carbocycles. The third kappa shape index (κ3) is 3.52. The Labute approximate surface area is 119 Å². The van der Waals surface area contributed by atoms with Crippen LogP contribution in [0.25, 0.3) is 0 Å².